The highest BCUT2D eigenvalue weighted by molar-refractivity contribution is 6.14. The van der Waals surface area contributed by atoms with Crippen LogP contribution in [0.25, 0.3) is 110 Å². The second-order valence-electron chi connectivity index (χ2n) is 17.4. The fourth-order valence-corrected chi connectivity index (χ4v) is 10.6. The van der Waals surface area contributed by atoms with E-state index in [0.717, 1.165) is 5.69 Å². The Morgan fingerprint density at radius 3 is 1.54 bits per heavy atom. The molecule has 0 N–H and O–H groups in total. The first kappa shape index (κ1) is 34.2. The van der Waals surface area contributed by atoms with Gasteiger partial charge < -0.3 is 9.13 Å². The predicted molar refractivity (Wildman–Crippen MR) is 259 cm³/mol. The molecule has 0 aliphatic heterocycles. The van der Waals surface area contributed by atoms with Crippen LogP contribution in [0.15, 0.2) is 206 Å². The van der Waals surface area contributed by atoms with Crippen LogP contribution in [0.2, 0.25) is 0 Å². The van der Waals surface area contributed by atoms with Crippen molar-refractivity contribution in [1.29, 1.82) is 0 Å². The molecule has 2 heteroatoms. The monoisotopic (exact) mass is 776 g/mol. The van der Waals surface area contributed by atoms with Crippen molar-refractivity contribution < 1.29 is 0 Å². The SMILES string of the molecule is CC1(C)c2ccccc2-c2cc3cc4ccc(-n5c6ccccc6c6cc(-c7ccc8c(c7)c7cc(-c9ccccc9)ccc7n8-c7ccccc7)ccc65)cc4cc3cc21. The molecule has 0 bridgehead atoms. The molecule has 12 aromatic rings. The lowest BCUT2D eigenvalue weighted by Gasteiger charge is -2.21. The summed E-state index contributed by atoms with van der Waals surface area (Å²) < 4.78 is 4.85. The molecule has 0 radical (unpaired) electrons. The van der Waals surface area contributed by atoms with Gasteiger partial charge in [-0.05, 0) is 157 Å². The molecule has 10 aromatic carbocycles. The van der Waals surface area contributed by atoms with Crippen molar-refractivity contribution in [1.82, 2.24) is 9.13 Å². The Balaban J connectivity index is 0.954. The van der Waals surface area contributed by atoms with Gasteiger partial charge in [-0.25, -0.2) is 0 Å². The lowest BCUT2D eigenvalue weighted by molar-refractivity contribution is 0.661. The van der Waals surface area contributed by atoms with Crippen molar-refractivity contribution in [2.45, 2.75) is 19.3 Å². The second kappa shape index (κ2) is 12.7. The summed E-state index contributed by atoms with van der Waals surface area (Å²) in [7, 11) is 0. The first-order valence-corrected chi connectivity index (χ1v) is 21.3. The molecule has 13 rings (SSSR count). The standard InChI is InChI=1S/C59H40N2/c1-59(2)53-19-11-9-17-47(53)49-35-43-29-38-21-25-46(31-42(38)30-44(43)36-54(49)59)61-55-20-12-10-18-48(55)50-33-40(23-27-56(50)61)41-24-28-58-52(34-41)51-32-39(37-13-5-3-6-14-37)22-26-57(51)60(58)45-15-7-4-8-16-45/h3-36H,1-2H3. The normalized spacial score (nSPS) is 13.2. The molecule has 0 unspecified atom stereocenters. The van der Waals surface area contributed by atoms with E-state index in [4.69, 9.17) is 0 Å². The molecule has 2 nitrogen and oxygen atoms in total. The number of aromatic nitrogens is 2. The first-order valence-electron chi connectivity index (χ1n) is 21.3. The zero-order valence-corrected chi connectivity index (χ0v) is 34.0. The van der Waals surface area contributed by atoms with E-state index in [1.54, 1.807) is 0 Å². The van der Waals surface area contributed by atoms with Crippen LogP contribution in [-0.2, 0) is 5.41 Å². The molecular formula is C59H40N2. The van der Waals surface area contributed by atoms with Gasteiger partial charge in [0, 0.05) is 38.3 Å². The minimum atomic E-state index is -0.0303. The summed E-state index contributed by atoms with van der Waals surface area (Å²) in [5.74, 6) is 0. The molecule has 0 atom stereocenters. The molecule has 0 saturated carbocycles. The second-order valence-corrected chi connectivity index (χ2v) is 17.4. The minimum absolute atomic E-state index is 0.0303. The Morgan fingerprint density at radius 2 is 0.820 bits per heavy atom. The van der Waals surface area contributed by atoms with Crippen LogP contribution < -0.4 is 0 Å². The minimum Gasteiger partial charge on any atom is -0.309 e. The fraction of sp³-hybridized carbons (Fsp3) is 0.0508. The van der Waals surface area contributed by atoms with E-state index in [1.165, 1.54) is 115 Å². The average Bonchev–Trinajstić information content (AvgIpc) is 3.90. The topological polar surface area (TPSA) is 9.86 Å². The van der Waals surface area contributed by atoms with Crippen LogP contribution in [-0.4, -0.2) is 9.13 Å². The van der Waals surface area contributed by atoms with Crippen molar-refractivity contribution >= 4 is 65.2 Å². The molecule has 1 aliphatic rings. The highest BCUT2D eigenvalue weighted by Crippen LogP contribution is 2.50. The zero-order chi connectivity index (χ0) is 40.4. The molecule has 0 fully saturated rings. The Hall–Kier alpha value is -7.68. The van der Waals surface area contributed by atoms with Gasteiger partial charge in [-0.15, -0.1) is 0 Å². The Morgan fingerprint density at radius 1 is 0.295 bits per heavy atom. The summed E-state index contributed by atoms with van der Waals surface area (Å²) in [5.41, 5.74) is 17.5. The highest BCUT2D eigenvalue weighted by Gasteiger charge is 2.35. The maximum Gasteiger partial charge on any atom is 0.0541 e. The summed E-state index contributed by atoms with van der Waals surface area (Å²) in [6.07, 6.45) is 0. The van der Waals surface area contributed by atoms with Crippen LogP contribution in [0.1, 0.15) is 25.0 Å². The maximum absolute atomic E-state index is 2.45. The van der Waals surface area contributed by atoms with Crippen molar-refractivity contribution in [2.24, 2.45) is 0 Å². The predicted octanol–water partition coefficient (Wildman–Crippen LogP) is 15.8. The van der Waals surface area contributed by atoms with Gasteiger partial charge in [-0.2, -0.15) is 0 Å². The van der Waals surface area contributed by atoms with Crippen molar-refractivity contribution in [2.75, 3.05) is 0 Å². The zero-order valence-electron chi connectivity index (χ0n) is 34.0. The Bertz CT molecular complexity index is 3770. The summed E-state index contributed by atoms with van der Waals surface area (Å²) >= 11 is 0. The smallest absolute Gasteiger partial charge is 0.0541 e. The van der Waals surface area contributed by atoms with Crippen molar-refractivity contribution in [3.63, 3.8) is 0 Å². The molecule has 0 saturated heterocycles. The van der Waals surface area contributed by atoms with Gasteiger partial charge in [0.1, 0.15) is 0 Å². The van der Waals surface area contributed by atoms with Gasteiger partial charge in [-0.3, -0.25) is 0 Å². The third-order valence-corrected chi connectivity index (χ3v) is 13.6. The molecule has 2 heterocycles. The van der Waals surface area contributed by atoms with Gasteiger partial charge in [0.15, 0.2) is 0 Å². The fourth-order valence-electron chi connectivity index (χ4n) is 10.6. The van der Waals surface area contributed by atoms with Crippen LogP contribution in [0, 0.1) is 0 Å². The van der Waals surface area contributed by atoms with Crippen LogP contribution >= 0.6 is 0 Å². The van der Waals surface area contributed by atoms with Gasteiger partial charge >= 0.3 is 0 Å². The van der Waals surface area contributed by atoms with E-state index >= 15 is 0 Å². The summed E-state index contributed by atoms with van der Waals surface area (Å²) in [4.78, 5) is 0. The Kier molecular flexibility index (Phi) is 7.10. The maximum atomic E-state index is 2.45. The number of benzene rings is 10. The lowest BCUT2D eigenvalue weighted by Crippen LogP contribution is -2.14. The highest BCUT2D eigenvalue weighted by atomic mass is 15.0. The molecule has 2 aromatic heterocycles. The molecule has 286 valence electrons. The Labute approximate surface area is 354 Å². The quantitative estimate of drug-likeness (QED) is 0.158. The van der Waals surface area contributed by atoms with Crippen LogP contribution in [0.4, 0.5) is 0 Å². The number of hydrogen-bond acceptors (Lipinski definition) is 0. The lowest BCUT2D eigenvalue weighted by atomic mass is 9.82. The summed E-state index contributed by atoms with van der Waals surface area (Å²) in [6, 6.07) is 76.7. The largest absolute Gasteiger partial charge is 0.309 e. The van der Waals surface area contributed by atoms with Crippen molar-refractivity contribution in [3.8, 4) is 44.8 Å². The number of rotatable bonds is 4. The van der Waals surface area contributed by atoms with Crippen LogP contribution in [0.3, 0.4) is 0 Å². The number of fused-ring (bicyclic) bond motifs is 11. The number of para-hydroxylation sites is 2. The van der Waals surface area contributed by atoms with Gasteiger partial charge in [-0.1, -0.05) is 129 Å². The third-order valence-electron chi connectivity index (χ3n) is 13.6. The molecule has 61 heavy (non-hydrogen) atoms. The van der Waals surface area contributed by atoms with Crippen LogP contribution in [0.5, 0.6) is 0 Å². The van der Waals surface area contributed by atoms with E-state index in [9.17, 15) is 0 Å². The van der Waals surface area contributed by atoms with E-state index in [-0.39, 0.29) is 5.41 Å². The van der Waals surface area contributed by atoms with Gasteiger partial charge in [0.2, 0.25) is 0 Å². The molecule has 0 amide bonds. The molecule has 1 aliphatic carbocycles. The summed E-state index contributed by atoms with van der Waals surface area (Å²) in [5, 5.41) is 10.1. The van der Waals surface area contributed by atoms with E-state index < -0.39 is 0 Å². The number of hydrogen-bond donors (Lipinski definition) is 0. The summed E-state index contributed by atoms with van der Waals surface area (Å²) in [6.45, 7) is 4.72. The third kappa shape index (κ3) is 5.03. The van der Waals surface area contributed by atoms with Crippen molar-refractivity contribution in [3.05, 3.63) is 217 Å². The van der Waals surface area contributed by atoms with E-state index in [2.05, 4.69) is 229 Å². The molecule has 0 spiro atoms. The van der Waals surface area contributed by atoms with Gasteiger partial charge in [0.25, 0.3) is 0 Å². The number of nitrogens with zero attached hydrogens (tertiary/aromatic N) is 2. The molecular weight excluding hydrogens is 737 g/mol. The average molecular weight is 777 g/mol. The first-order chi connectivity index (χ1) is 30.0. The van der Waals surface area contributed by atoms with Gasteiger partial charge in [0.05, 0.1) is 22.1 Å². The van der Waals surface area contributed by atoms with E-state index in [0.29, 0.717) is 0 Å². The van der Waals surface area contributed by atoms with E-state index in [1.807, 2.05) is 0 Å².